The highest BCUT2D eigenvalue weighted by molar-refractivity contribution is 7.99. The van der Waals surface area contributed by atoms with Gasteiger partial charge in [0.1, 0.15) is 6.10 Å². The van der Waals surface area contributed by atoms with Gasteiger partial charge in [-0.2, -0.15) is 17.0 Å². The Hall–Kier alpha value is -0.950. The summed E-state index contributed by atoms with van der Waals surface area (Å²) in [6, 6.07) is 2.17. The SMILES string of the molecule is CCSC1CC(C#N)=CCC1OC(C)=O. The van der Waals surface area contributed by atoms with Gasteiger partial charge in [0, 0.05) is 24.2 Å². The Kier molecular flexibility index (Phi) is 4.70. The van der Waals surface area contributed by atoms with Crippen LogP contribution in [0.2, 0.25) is 0 Å². The van der Waals surface area contributed by atoms with E-state index in [4.69, 9.17) is 10.00 Å². The highest BCUT2D eigenvalue weighted by Crippen LogP contribution is 2.30. The maximum absolute atomic E-state index is 10.9. The Balaban J connectivity index is 2.65. The molecule has 4 heteroatoms. The van der Waals surface area contributed by atoms with Crippen LogP contribution in [-0.4, -0.2) is 23.1 Å². The Morgan fingerprint density at radius 2 is 2.53 bits per heavy atom. The summed E-state index contributed by atoms with van der Waals surface area (Å²) in [5.74, 6) is 0.733. The minimum atomic E-state index is -0.240. The molecule has 0 fully saturated rings. The van der Waals surface area contributed by atoms with Crippen LogP contribution in [0, 0.1) is 11.3 Å². The number of nitrogens with zero attached hydrogens (tertiary/aromatic N) is 1. The first-order chi connectivity index (χ1) is 7.17. The lowest BCUT2D eigenvalue weighted by molar-refractivity contribution is -0.146. The minimum Gasteiger partial charge on any atom is -0.461 e. The van der Waals surface area contributed by atoms with E-state index < -0.39 is 0 Å². The Morgan fingerprint density at radius 1 is 1.80 bits per heavy atom. The van der Waals surface area contributed by atoms with Crippen molar-refractivity contribution in [2.75, 3.05) is 5.75 Å². The van der Waals surface area contributed by atoms with Crippen LogP contribution in [0.4, 0.5) is 0 Å². The molecule has 0 saturated carbocycles. The Bertz CT molecular complexity index is 306. The van der Waals surface area contributed by atoms with E-state index in [0.717, 1.165) is 11.3 Å². The topological polar surface area (TPSA) is 50.1 Å². The second-order valence-electron chi connectivity index (χ2n) is 3.42. The Labute approximate surface area is 94.5 Å². The molecule has 2 unspecified atom stereocenters. The molecule has 1 aliphatic rings. The first-order valence-corrected chi connectivity index (χ1v) is 6.10. The molecule has 0 aromatic rings. The van der Waals surface area contributed by atoms with E-state index in [1.165, 1.54) is 6.92 Å². The predicted molar refractivity (Wildman–Crippen MR) is 60.4 cm³/mol. The number of ether oxygens (including phenoxy) is 1. The molecule has 0 aliphatic heterocycles. The fourth-order valence-corrected chi connectivity index (χ4v) is 2.76. The van der Waals surface area contributed by atoms with Crippen molar-refractivity contribution in [1.29, 1.82) is 5.26 Å². The van der Waals surface area contributed by atoms with Crippen molar-refractivity contribution in [2.24, 2.45) is 0 Å². The molecule has 0 radical (unpaired) electrons. The average Bonchev–Trinajstić information content (AvgIpc) is 2.20. The standard InChI is InChI=1S/C11H15NO2S/c1-3-15-11-6-9(7-12)4-5-10(11)14-8(2)13/h4,10-11H,3,5-6H2,1-2H3. The lowest BCUT2D eigenvalue weighted by atomic mass is 9.97. The molecule has 0 aromatic heterocycles. The Morgan fingerprint density at radius 3 is 3.07 bits per heavy atom. The van der Waals surface area contributed by atoms with Gasteiger partial charge in [-0.25, -0.2) is 0 Å². The molecule has 0 heterocycles. The molecule has 0 spiro atoms. The molecule has 0 amide bonds. The van der Waals surface area contributed by atoms with E-state index in [0.29, 0.717) is 12.8 Å². The average molecular weight is 225 g/mol. The normalized spacial score (nSPS) is 25.3. The number of esters is 1. The monoisotopic (exact) mass is 225 g/mol. The molecule has 2 atom stereocenters. The molecule has 0 aromatic carbocycles. The van der Waals surface area contributed by atoms with Gasteiger partial charge in [-0.05, 0) is 12.2 Å². The van der Waals surface area contributed by atoms with Crippen molar-refractivity contribution in [1.82, 2.24) is 0 Å². The third-order valence-electron chi connectivity index (χ3n) is 2.27. The quantitative estimate of drug-likeness (QED) is 0.691. The molecular weight excluding hydrogens is 210 g/mol. The fourth-order valence-electron chi connectivity index (χ4n) is 1.65. The third-order valence-corrected chi connectivity index (χ3v) is 3.51. The van der Waals surface area contributed by atoms with Gasteiger partial charge in [-0.1, -0.05) is 13.0 Å². The molecule has 0 N–H and O–H groups in total. The van der Waals surface area contributed by atoms with Crippen LogP contribution in [-0.2, 0) is 9.53 Å². The van der Waals surface area contributed by atoms with Gasteiger partial charge in [-0.15, -0.1) is 0 Å². The van der Waals surface area contributed by atoms with Crippen LogP contribution in [0.25, 0.3) is 0 Å². The largest absolute Gasteiger partial charge is 0.461 e. The zero-order valence-corrected chi connectivity index (χ0v) is 9.84. The fraction of sp³-hybridized carbons (Fsp3) is 0.636. The molecule has 1 aliphatic carbocycles. The number of nitriles is 1. The minimum absolute atomic E-state index is 0.0652. The van der Waals surface area contributed by atoms with Crippen molar-refractivity contribution in [3.8, 4) is 6.07 Å². The van der Waals surface area contributed by atoms with Crippen molar-refractivity contribution < 1.29 is 9.53 Å². The van der Waals surface area contributed by atoms with Crippen LogP contribution in [0.1, 0.15) is 26.7 Å². The number of thioether (sulfide) groups is 1. The number of carbonyl (C=O) groups excluding carboxylic acids is 1. The number of carbonyl (C=O) groups is 1. The van der Waals surface area contributed by atoms with Crippen LogP contribution >= 0.6 is 11.8 Å². The lowest BCUT2D eigenvalue weighted by Gasteiger charge is -2.28. The highest BCUT2D eigenvalue weighted by Gasteiger charge is 2.28. The van der Waals surface area contributed by atoms with Crippen LogP contribution in [0.15, 0.2) is 11.6 Å². The van der Waals surface area contributed by atoms with Gasteiger partial charge >= 0.3 is 5.97 Å². The van der Waals surface area contributed by atoms with E-state index in [2.05, 4.69) is 13.0 Å². The molecule has 0 bridgehead atoms. The second-order valence-corrected chi connectivity index (χ2v) is 4.94. The zero-order valence-electron chi connectivity index (χ0n) is 9.03. The summed E-state index contributed by atoms with van der Waals surface area (Å²) >= 11 is 1.75. The van der Waals surface area contributed by atoms with E-state index >= 15 is 0 Å². The van der Waals surface area contributed by atoms with Crippen molar-refractivity contribution in [3.63, 3.8) is 0 Å². The molecule has 0 saturated heterocycles. The van der Waals surface area contributed by atoms with Gasteiger partial charge < -0.3 is 4.74 Å². The van der Waals surface area contributed by atoms with Gasteiger partial charge in [0.25, 0.3) is 0 Å². The van der Waals surface area contributed by atoms with Crippen molar-refractivity contribution in [3.05, 3.63) is 11.6 Å². The number of hydrogen-bond acceptors (Lipinski definition) is 4. The highest BCUT2D eigenvalue weighted by atomic mass is 32.2. The van der Waals surface area contributed by atoms with E-state index in [1.807, 2.05) is 6.08 Å². The molecule has 82 valence electrons. The van der Waals surface area contributed by atoms with Gasteiger partial charge in [0.2, 0.25) is 0 Å². The third kappa shape index (κ3) is 3.60. The van der Waals surface area contributed by atoms with Crippen LogP contribution in [0.5, 0.6) is 0 Å². The summed E-state index contributed by atoms with van der Waals surface area (Å²) in [6.07, 6.45) is 3.19. The summed E-state index contributed by atoms with van der Waals surface area (Å²) in [5, 5.41) is 9.04. The summed E-state index contributed by atoms with van der Waals surface area (Å²) in [4.78, 5) is 10.9. The smallest absolute Gasteiger partial charge is 0.302 e. The summed E-state index contributed by atoms with van der Waals surface area (Å²) in [6.45, 7) is 3.50. The number of hydrogen-bond donors (Lipinski definition) is 0. The predicted octanol–water partition coefficient (Wildman–Crippen LogP) is 2.28. The summed E-state index contributed by atoms with van der Waals surface area (Å²) < 4.78 is 5.24. The van der Waals surface area contributed by atoms with E-state index in [-0.39, 0.29) is 17.3 Å². The first kappa shape index (κ1) is 12.1. The molecular formula is C11H15NO2S. The first-order valence-electron chi connectivity index (χ1n) is 5.05. The number of allylic oxidation sites excluding steroid dienone is 1. The lowest BCUT2D eigenvalue weighted by Crippen LogP contribution is -2.31. The van der Waals surface area contributed by atoms with Crippen LogP contribution < -0.4 is 0 Å². The molecule has 15 heavy (non-hydrogen) atoms. The molecule has 1 rings (SSSR count). The number of rotatable bonds is 3. The maximum atomic E-state index is 10.9. The molecule has 3 nitrogen and oxygen atoms in total. The van der Waals surface area contributed by atoms with Gasteiger partial charge in [0.05, 0.1) is 6.07 Å². The zero-order chi connectivity index (χ0) is 11.3. The summed E-state index contributed by atoms with van der Waals surface area (Å²) in [5.41, 5.74) is 0.810. The van der Waals surface area contributed by atoms with Crippen molar-refractivity contribution in [2.45, 2.75) is 38.0 Å². The van der Waals surface area contributed by atoms with Gasteiger partial charge in [0.15, 0.2) is 0 Å². The summed E-state index contributed by atoms with van der Waals surface area (Å²) in [7, 11) is 0. The van der Waals surface area contributed by atoms with E-state index in [9.17, 15) is 4.79 Å². The maximum Gasteiger partial charge on any atom is 0.302 e. The van der Waals surface area contributed by atoms with Gasteiger partial charge in [-0.3, -0.25) is 4.79 Å². The van der Waals surface area contributed by atoms with Crippen molar-refractivity contribution >= 4 is 17.7 Å². The second kappa shape index (κ2) is 5.82. The van der Waals surface area contributed by atoms with Crippen LogP contribution in [0.3, 0.4) is 0 Å². The van der Waals surface area contributed by atoms with E-state index in [1.54, 1.807) is 11.8 Å².